The summed E-state index contributed by atoms with van der Waals surface area (Å²) in [5.74, 6) is -0.0241. The SMILES string of the molecule is CN=C(NCc1ccc(C(N)=O)cc1)NCc1ccc(OC(C)(C)C)cc1C(F)(F)F. The molecule has 0 atom stereocenters. The Morgan fingerprint density at radius 1 is 1.03 bits per heavy atom. The Bertz CT molecular complexity index is 933. The molecule has 1 amide bonds. The number of alkyl halides is 3. The normalized spacial score (nSPS) is 12.4. The lowest BCUT2D eigenvalue weighted by Gasteiger charge is -2.23. The molecule has 168 valence electrons. The molecule has 0 aliphatic rings. The van der Waals surface area contributed by atoms with Crippen LogP contribution in [-0.4, -0.2) is 24.5 Å². The molecule has 4 N–H and O–H groups in total. The minimum Gasteiger partial charge on any atom is -0.488 e. The number of halogens is 3. The van der Waals surface area contributed by atoms with Gasteiger partial charge in [-0.25, -0.2) is 0 Å². The van der Waals surface area contributed by atoms with Gasteiger partial charge in [-0.05, 0) is 56.2 Å². The number of guanidine groups is 1. The average Bonchev–Trinajstić information content (AvgIpc) is 2.67. The summed E-state index contributed by atoms with van der Waals surface area (Å²) in [7, 11) is 1.52. The highest BCUT2D eigenvalue weighted by molar-refractivity contribution is 5.92. The van der Waals surface area contributed by atoms with Crippen LogP contribution in [0.15, 0.2) is 47.5 Å². The summed E-state index contributed by atoms with van der Waals surface area (Å²) in [6.07, 6.45) is -4.52. The summed E-state index contributed by atoms with van der Waals surface area (Å²) in [5, 5.41) is 5.91. The Kier molecular flexibility index (Phi) is 7.54. The first kappa shape index (κ1) is 24.0. The second kappa shape index (κ2) is 9.72. The summed E-state index contributed by atoms with van der Waals surface area (Å²) in [6.45, 7) is 5.60. The van der Waals surface area contributed by atoms with Gasteiger partial charge < -0.3 is 21.1 Å². The Labute approximate surface area is 179 Å². The highest BCUT2D eigenvalue weighted by Gasteiger charge is 2.34. The number of carbonyl (C=O) groups excluding carboxylic acids is 1. The molecule has 9 heteroatoms. The molecule has 2 aromatic rings. The van der Waals surface area contributed by atoms with Crippen LogP contribution in [-0.2, 0) is 19.3 Å². The lowest BCUT2D eigenvalue weighted by molar-refractivity contribution is -0.138. The molecule has 0 fully saturated rings. The molecule has 2 rings (SSSR count). The van der Waals surface area contributed by atoms with E-state index in [0.29, 0.717) is 18.1 Å². The van der Waals surface area contributed by atoms with Crippen molar-refractivity contribution in [2.45, 2.75) is 45.6 Å². The van der Waals surface area contributed by atoms with E-state index in [9.17, 15) is 18.0 Å². The van der Waals surface area contributed by atoms with Gasteiger partial charge in [0.15, 0.2) is 5.96 Å². The zero-order valence-electron chi connectivity index (χ0n) is 17.9. The molecule has 0 radical (unpaired) electrons. The molecule has 0 unspecified atom stereocenters. The van der Waals surface area contributed by atoms with E-state index in [0.717, 1.165) is 11.6 Å². The zero-order valence-corrected chi connectivity index (χ0v) is 17.9. The van der Waals surface area contributed by atoms with E-state index in [4.69, 9.17) is 10.5 Å². The predicted octanol–water partition coefficient (Wildman–Crippen LogP) is 3.85. The summed E-state index contributed by atoms with van der Waals surface area (Å²) >= 11 is 0. The zero-order chi connectivity index (χ0) is 23.2. The third-order valence-electron chi connectivity index (χ3n) is 4.18. The summed E-state index contributed by atoms with van der Waals surface area (Å²) in [6, 6.07) is 10.6. The Morgan fingerprint density at radius 2 is 1.65 bits per heavy atom. The van der Waals surface area contributed by atoms with Crippen molar-refractivity contribution in [2.75, 3.05) is 7.05 Å². The number of hydrogen-bond acceptors (Lipinski definition) is 3. The first-order chi connectivity index (χ1) is 14.4. The molecular weight excluding hydrogens is 409 g/mol. The fraction of sp³-hybridized carbons (Fsp3) is 0.364. The maximum atomic E-state index is 13.6. The average molecular weight is 436 g/mol. The van der Waals surface area contributed by atoms with Crippen LogP contribution in [0.5, 0.6) is 5.75 Å². The van der Waals surface area contributed by atoms with Crippen molar-refractivity contribution >= 4 is 11.9 Å². The third kappa shape index (κ3) is 7.51. The smallest absolute Gasteiger partial charge is 0.416 e. The van der Waals surface area contributed by atoms with Gasteiger partial charge in [0.1, 0.15) is 11.4 Å². The van der Waals surface area contributed by atoms with E-state index in [1.807, 2.05) is 0 Å². The van der Waals surface area contributed by atoms with Gasteiger partial charge in [-0.15, -0.1) is 0 Å². The molecule has 2 aromatic carbocycles. The summed E-state index contributed by atoms with van der Waals surface area (Å²) in [5.41, 5.74) is 5.16. The van der Waals surface area contributed by atoms with Crippen LogP contribution in [0.4, 0.5) is 13.2 Å². The fourth-order valence-corrected chi connectivity index (χ4v) is 2.76. The molecule has 0 aromatic heterocycles. The predicted molar refractivity (Wildman–Crippen MR) is 114 cm³/mol. The van der Waals surface area contributed by atoms with E-state index in [1.165, 1.54) is 19.2 Å². The number of amides is 1. The molecule has 0 bridgehead atoms. The minimum absolute atomic E-state index is 0.0718. The number of benzene rings is 2. The van der Waals surface area contributed by atoms with Gasteiger partial charge in [-0.1, -0.05) is 18.2 Å². The van der Waals surface area contributed by atoms with Crippen LogP contribution >= 0.6 is 0 Å². The number of nitrogens with one attached hydrogen (secondary N) is 2. The van der Waals surface area contributed by atoms with Crippen molar-refractivity contribution in [1.82, 2.24) is 10.6 Å². The van der Waals surface area contributed by atoms with E-state index in [1.54, 1.807) is 45.0 Å². The van der Waals surface area contributed by atoms with Crippen molar-refractivity contribution in [3.05, 3.63) is 64.7 Å². The van der Waals surface area contributed by atoms with Crippen LogP contribution in [0.3, 0.4) is 0 Å². The first-order valence-corrected chi connectivity index (χ1v) is 9.61. The molecule has 0 aliphatic heterocycles. The maximum absolute atomic E-state index is 13.6. The molecule has 6 nitrogen and oxygen atoms in total. The van der Waals surface area contributed by atoms with Gasteiger partial charge in [0.2, 0.25) is 5.91 Å². The second-order valence-electron chi connectivity index (χ2n) is 7.87. The van der Waals surface area contributed by atoms with Crippen molar-refractivity contribution in [3.63, 3.8) is 0 Å². The molecular formula is C22H27F3N4O2. The number of primary amides is 1. The molecule has 0 aliphatic carbocycles. The third-order valence-corrected chi connectivity index (χ3v) is 4.18. The lowest BCUT2D eigenvalue weighted by atomic mass is 10.1. The van der Waals surface area contributed by atoms with Crippen molar-refractivity contribution < 1.29 is 22.7 Å². The fourth-order valence-electron chi connectivity index (χ4n) is 2.76. The lowest BCUT2D eigenvalue weighted by Crippen LogP contribution is -2.36. The van der Waals surface area contributed by atoms with E-state index in [-0.39, 0.29) is 17.9 Å². The van der Waals surface area contributed by atoms with Gasteiger partial charge in [-0.2, -0.15) is 13.2 Å². The summed E-state index contributed by atoms with van der Waals surface area (Å²) in [4.78, 5) is 15.2. The van der Waals surface area contributed by atoms with Crippen LogP contribution in [0.25, 0.3) is 0 Å². The van der Waals surface area contributed by atoms with Gasteiger partial charge in [0, 0.05) is 25.7 Å². The van der Waals surface area contributed by atoms with E-state index >= 15 is 0 Å². The minimum atomic E-state index is -4.52. The van der Waals surface area contributed by atoms with E-state index < -0.39 is 23.2 Å². The molecule has 0 saturated carbocycles. The Balaban J connectivity index is 2.06. The number of rotatable bonds is 6. The highest BCUT2D eigenvalue weighted by atomic mass is 19.4. The number of ether oxygens (including phenoxy) is 1. The first-order valence-electron chi connectivity index (χ1n) is 9.61. The van der Waals surface area contributed by atoms with Crippen molar-refractivity contribution in [2.24, 2.45) is 10.7 Å². The molecule has 0 saturated heterocycles. The van der Waals surface area contributed by atoms with E-state index in [2.05, 4.69) is 15.6 Å². The monoisotopic (exact) mass is 436 g/mol. The van der Waals surface area contributed by atoms with Gasteiger partial charge in [0.25, 0.3) is 0 Å². The number of hydrogen-bond donors (Lipinski definition) is 3. The topological polar surface area (TPSA) is 88.7 Å². The van der Waals surface area contributed by atoms with Crippen LogP contribution < -0.4 is 21.1 Å². The van der Waals surface area contributed by atoms with Crippen LogP contribution in [0.1, 0.15) is 47.8 Å². The van der Waals surface area contributed by atoms with Crippen LogP contribution in [0, 0.1) is 0 Å². The highest BCUT2D eigenvalue weighted by Crippen LogP contribution is 2.35. The number of nitrogens with zero attached hydrogens (tertiary/aromatic N) is 1. The molecule has 0 spiro atoms. The molecule has 0 heterocycles. The van der Waals surface area contributed by atoms with Crippen LogP contribution in [0.2, 0.25) is 0 Å². The maximum Gasteiger partial charge on any atom is 0.416 e. The quantitative estimate of drug-likeness (QED) is 0.474. The van der Waals surface area contributed by atoms with Gasteiger partial charge >= 0.3 is 6.18 Å². The number of aliphatic imine (C=N–C) groups is 1. The van der Waals surface area contributed by atoms with Gasteiger partial charge in [0.05, 0.1) is 5.56 Å². The van der Waals surface area contributed by atoms with Crippen molar-refractivity contribution in [1.29, 1.82) is 0 Å². The molecule has 31 heavy (non-hydrogen) atoms. The van der Waals surface area contributed by atoms with Crippen molar-refractivity contribution in [3.8, 4) is 5.75 Å². The Hall–Kier alpha value is -3.23. The largest absolute Gasteiger partial charge is 0.488 e. The standard InChI is InChI=1S/C22H27F3N4O2/c1-21(2,3)31-17-10-9-16(18(11-17)22(23,24)25)13-29-20(27-4)28-12-14-5-7-15(8-6-14)19(26)30/h5-11H,12-13H2,1-4H3,(H2,26,30)(H2,27,28,29). The summed E-state index contributed by atoms with van der Waals surface area (Å²) < 4.78 is 46.3. The number of carbonyl (C=O) groups is 1. The Morgan fingerprint density at radius 3 is 2.16 bits per heavy atom. The second-order valence-corrected chi connectivity index (χ2v) is 7.87. The number of nitrogens with two attached hydrogens (primary N) is 1. The van der Waals surface area contributed by atoms with Gasteiger partial charge in [-0.3, -0.25) is 9.79 Å².